The van der Waals surface area contributed by atoms with Gasteiger partial charge in [0.1, 0.15) is 17.8 Å². The van der Waals surface area contributed by atoms with E-state index >= 15 is 0 Å². The Morgan fingerprint density at radius 1 is 1.50 bits per heavy atom. The number of Topliss-reactive ketones (excluding diaryl/α,β-unsaturated/α-hetero) is 1. The Balaban J connectivity index is 1.73. The average molecular weight is 227 g/mol. The van der Waals surface area contributed by atoms with Crippen molar-refractivity contribution in [2.24, 2.45) is 0 Å². The van der Waals surface area contributed by atoms with Gasteiger partial charge in [-0.3, -0.25) is 4.79 Å². The molecule has 2 rings (SSSR count). The van der Waals surface area contributed by atoms with Crippen molar-refractivity contribution in [3.8, 4) is 0 Å². The van der Waals surface area contributed by atoms with Crippen LogP contribution in [0.25, 0.3) is 0 Å². The second-order valence-electron chi connectivity index (χ2n) is 5.46. The molecule has 0 bridgehead atoms. The number of carbonyl (C=O) groups excluding carboxylic acids is 2. The lowest BCUT2D eigenvalue weighted by molar-refractivity contribution is -0.200. The molecule has 1 saturated carbocycles. The molecule has 90 valence electrons. The van der Waals surface area contributed by atoms with Gasteiger partial charge in [0, 0.05) is 18.9 Å². The predicted octanol–water partition coefficient (Wildman–Crippen LogP) is 1.01. The fraction of sp³-hybridized carbons (Fsp3) is 0.818. The summed E-state index contributed by atoms with van der Waals surface area (Å²) in [5.41, 5.74) is -1.06. The van der Waals surface area contributed by atoms with Crippen molar-refractivity contribution in [1.29, 1.82) is 0 Å². The van der Waals surface area contributed by atoms with Crippen LogP contribution in [0, 0.1) is 0 Å². The zero-order valence-corrected chi connectivity index (χ0v) is 9.83. The van der Waals surface area contributed by atoms with Crippen LogP contribution in [0.1, 0.15) is 33.6 Å². The summed E-state index contributed by atoms with van der Waals surface area (Å²) in [7, 11) is 0. The molecule has 0 aromatic rings. The quantitative estimate of drug-likeness (QED) is 0.726. The number of rotatable bonds is 1. The molecule has 0 unspecified atom stereocenters. The third-order valence-corrected chi connectivity index (χ3v) is 2.86. The lowest BCUT2D eigenvalue weighted by Crippen LogP contribution is -2.67. The van der Waals surface area contributed by atoms with Gasteiger partial charge in [0.05, 0.1) is 0 Å². The molecule has 1 saturated heterocycles. The summed E-state index contributed by atoms with van der Waals surface area (Å²) in [5.74, 6) is 0.148. The van der Waals surface area contributed by atoms with Crippen LogP contribution < -0.4 is 5.32 Å². The third-order valence-electron chi connectivity index (χ3n) is 2.86. The van der Waals surface area contributed by atoms with Gasteiger partial charge in [0.15, 0.2) is 5.78 Å². The van der Waals surface area contributed by atoms with Crippen molar-refractivity contribution in [3.63, 3.8) is 0 Å². The molecule has 0 aromatic heterocycles. The Morgan fingerprint density at radius 2 is 2.12 bits per heavy atom. The molecule has 1 aliphatic heterocycles. The molecule has 1 spiro atoms. The van der Waals surface area contributed by atoms with Crippen LogP contribution >= 0.6 is 0 Å². The van der Waals surface area contributed by atoms with E-state index in [-0.39, 0.29) is 18.4 Å². The fourth-order valence-electron chi connectivity index (χ4n) is 1.99. The first-order valence-corrected chi connectivity index (χ1v) is 5.48. The molecule has 16 heavy (non-hydrogen) atoms. The van der Waals surface area contributed by atoms with Crippen LogP contribution in [0.2, 0.25) is 0 Å². The molecule has 5 heteroatoms. The number of alkyl carbamates (subject to hydrolysis) is 1. The summed E-state index contributed by atoms with van der Waals surface area (Å²) in [6.07, 6.45) is 0.718. The largest absolute Gasteiger partial charge is 0.444 e. The second-order valence-corrected chi connectivity index (χ2v) is 5.46. The summed E-state index contributed by atoms with van der Waals surface area (Å²) in [5, 5.41) is 2.72. The van der Waals surface area contributed by atoms with E-state index in [9.17, 15) is 9.59 Å². The molecule has 1 N–H and O–H groups in total. The highest BCUT2D eigenvalue weighted by atomic mass is 16.6. The first-order chi connectivity index (χ1) is 7.31. The zero-order valence-electron chi connectivity index (χ0n) is 9.83. The van der Waals surface area contributed by atoms with Crippen LogP contribution in [0.3, 0.4) is 0 Å². The van der Waals surface area contributed by atoms with Crippen LogP contribution in [-0.4, -0.2) is 35.7 Å². The van der Waals surface area contributed by atoms with Gasteiger partial charge in [-0.25, -0.2) is 4.79 Å². The molecule has 5 nitrogen and oxygen atoms in total. The minimum atomic E-state index is -0.570. The molecule has 1 aliphatic carbocycles. The number of carbonyl (C=O) groups is 2. The van der Waals surface area contributed by atoms with Gasteiger partial charge >= 0.3 is 6.09 Å². The first-order valence-electron chi connectivity index (χ1n) is 5.48. The highest BCUT2D eigenvalue weighted by Gasteiger charge is 2.57. The molecule has 2 fully saturated rings. The number of hydrogen-bond acceptors (Lipinski definition) is 4. The number of ketones is 1. The van der Waals surface area contributed by atoms with E-state index in [0.29, 0.717) is 12.8 Å². The summed E-state index contributed by atoms with van der Waals surface area (Å²) < 4.78 is 10.4. The molecule has 1 heterocycles. The topological polar surface area (TPSA) is 64.6 Å². The smallest absolute Gasteiger partial charge is 0.407 e. The van der Waals surface area contributed by atoms with Gasteiger partial charge in [0.2, 0.25) is 0 Å². The molecule has 1 amide bonds. The van der Waals surface area contributed by atoms with Crippen LogP contribution in [0.4, 0.5) is 4.79 Å². The summed E-state index contributed by atoms with van der Waals surface area (Å²) >= 11 is 0. The minimum Gasteiger partial charge on any atom is -0.444 e. The summed E-state index contributed by atoms with van der Waals surface area (Å²) in [4.78, 5) is 22.6. The normalized spacial score (nSPS) is 32.9. The zero-order chi connectivity index (χ0) is 12.0. The number of hydrogen-bond donors (Lipinski definition) is 1. The van der Waals surface area contributed by atoms with E-state index in [1.54, 1.807) is 0 Å². The van der Waals surface area contributed by atoms with Gasteiger partial charge in [0.25, 0.3) is 0 Å². The van der Waals surface area contributed by atoms with Gasteiger partial charge in [-0.05, 0) is 20.8 Å². The van der Waals surface area contributed by atoms with Gasteiger partial charge in [-0.2, -0.15) is 0 Å². The van der Waals surface area contributed by atoms with Crippen LogP contribution in [0.5, 0.6) is 0 Å². The molecule has 0 atom stereocenters. The van der Waals surface area contributed by atoms with Crippen molar-refractivity contribution in [1.82, 2.24) is 5.32 Å². The van der Waals surface area contributed by atoms with E-state index in [1.807, 2.05) is 20.8 Å². The van der Waals surface area contributed by atoms with Crippen molar-refractivity contribution in [2.75, 3.05) is 6.61 Å². The fourth-order valence-corrected chi connectivity index (χ4v) is 1.99. The Kier molecular flexibility index (Phi) is 2.45. The number of ether oxygens (including phenoxy) is 2. The average Bonchev–Trinajstić information content (AvgIpc) is 2.04. The molecular formula is C11H17NO4. The van der Waals surface area contributed by atoms with Crippen molar-refractivity contribution >= 4 is 11.9 Å². The Hall–Kier alpha value is -1.10. The maximum Gasteiger partial charge on any atom is 0.407 e. The number of amides is 1. The van der Waals surface area contributed by atoms with Gasteiger partial charge in [-0.1, -0.05) is 0 Å². The summed E-state index contributed by atoms with van der Waals surface area (Å²) in [6.45, 7) is 5.66. The molecule has 0 radical (unpaired) electrons. The van der Waals surface area contributed by atoms with E-state index < -0.39 is 17.3 Å². The molecular weight excluding hydrogens is 210 g/mol. The molecule has 0 aromatic carbocycles. The SMILES string of the molecule is CC(C)(C)OC(=O)NC1CC2(C1)OCC2=O. The minimum absolute atomic E-state index is 0.000833. The Morgan fingerprint density at radius 3 is 2.50 bits per heavy atom. The van der Waals surface area contributed by atoms with Crippen LogP contribution in [-0.2, 0) is 14.3 Å². The van der Waals surface area contributed by atoms with E-state index in [2.05, 4.69) is 5.32 Å². The number of nitrogens with one attached hydrogen (secondary N) is 1. The standard InChI is InChI=1S/C11H17NO4/c1-10(2,3)16-9(14)12-7-4-11(5-7)8(13)6-15-11/h7H,4-6H2,1-3H3,(H,12,14). The first kappa shape index (κ1) is 11.4. The van der Waals surface area contributed by atoms with E-state index in [1.165, 1.54) is 0 Å². The molecule has 2 aliphatic rings. The van der Waals surface area contributed by atoms with Crippen molar-refractivity contribution < 1.29 is 19.1 Å². The lowest BCUT2D eigenvalue weighted by Gasteiger charge is -2.51. The van der Waals surface area contributed by atoms with E-state index in [4.69, 9.17) is 9.47 Å². The van der Waals surface area contributed by atoms with E-state index in [0.717, 1.165) is 0 Å². The van der Waals surface area contributed by atoms with Crippen molar-refractivity contribution in [2.45, 2.75) is 50.9 Å². The highest BCUT2D eigenvalue weighted by molar-refractivity contribution is 5.94. The van der Waals surface area contributed by atoms with Gasteiger partial charge < -0.3 is 14.8 Å². The summed E-state index contributed by atoms with van der Waals surface area (Å²) in [6, 6.07) is -0.000833. The monoisotopic (exact) mass is 227 g/mol. The third kappa shape index (κ3) is 2.04. The Labute approximate surface area is 94.5 Å². The maximum absolute atomic E-state index is 11.4. The maximum atomic E-state index is 11.4. The second kappa shape index (κ2) is 3.45. The van der Waals surface area contributed by atoms with Crippen molar-refractivity contribution in [3.05, 3.63) is 0 Å². The lowest BCUT2D eigenvalue weighted by atomic mass is 9.70. The highest BCUT2D eigenvalue weighted by Crippen LogP contribution is 2.42. The Bertz CT molecular complexity index is 325. The predicted molar refractivity (Wildman–Crippen MR) is 56.1 cm³/mol. The van der Waals surface area contributed by atoms with Crippen LogP contribution in [0.15, 0.2) is 0 Å². The van der Waals surface area contributed by atoms with Gasteiger partial charge in [-0.15, -0.1) is 0 Å².